The number of aryl methyl sites for hydroxylation is 1. The van der Waals surface area contributed by atoms with Gasteiger partial charge in [0.05, 0.1) is 0 Å². The van der Waals surface area contributed by atoms with Crippen LogP contribution >= 0.6 is 0 Å². The molecule has 2 aromatic rings. The van der Waals surface area contributed by atoms with Gasteiger partial charge in [-0.2, -0.15) is 0 Å². The van der Waals surface area contributed by atoms with E-state index in [1.165, 1.54) is 16.7 Å². The molecule has 0 saturated carbocycles. The lowest BCUT2D eigenvalue weighted by Gasteiger charge is -2.04. The van der Waals surface area contributed by atoms with Gasteiger partial charge in [0.1, 0.15) is 6.29 Å². The van der Waals surface area contributed by atoms with E-state index >= 15 is 0 Å². The van der Waals surface area contributed by atoms with Crippen LogP contribution in [0, 0.1) is 0 Å². The molecule has 0 aliphatic heterocycles. The minimum atomic E-state index is 0.595. The molecular weight excluding hydrogens is 196 g/mol. The molecule has 0 aliphatic carbocycles. The van der Waals surface area contributed by atoms with Crippen molar-refractivity contribution < 1.29 is 4.79 Å². The standard InChI is InChI=1S/C15H14O/c16-11-5-7-13-6-4-10-15(12-13)14-8-2-1-3-9-14/h1-4,6,8-12H,5,7H2. The lowest BCUT2D eigenvalue weighted by molar-refractivity contribution is -0.107. The number of benzene rings is 2. The highest BCUT2D eigenvalue weighted by Gasteiger charge is 1.98. The third-order valence-corrected chi connectivity index (χ3v) is 2.58. The van der Waals surface area contributed by atoms with Gasteiger partial charge in [0.25, 0.3) is 0 Å². The van der Waals surface area contributed by atoms with E-state index in [0.29, 0.717) is 6.42 Å². The van der Waals surface area contributed by atoms with Crippen molar-refractivity contribution in [2.24, 2.45) is 0 Å². The molecule has 0 saturated heterocycles. The predicted octanol–water partition coefficient (Wildman–Crippen LogP) is 3.49. The van der Waals surface area contributed by atoms with Crippen molar-refractivity contribution in [1.82, 2.24) is 0 Å². The highest BCUT2D eigenvalue weighted by atomic mass is 16.1. The van der Waals surface area contributed by atoms with E-state index in [9.17, 15) is 4.79 Å². The fourth-order valence-electron chi connectivity index (χ4n) is 1.76. The van der Waals surface area contributed by atoms with E-state index in [1.54, 1.807) is 0 Å². The van der Waals surface area contributed by atoms with Gasteiger partial charge < -0.3 is 4.79 Å². The molecule has 0 spiro atoms. The van der Waals surface area contributed by atoms with Crippen LogP contribution in [0.1, 0.15) is 12.0 Å². The molecule has 0 bridgehead atoms. The highest BCUT2D eigenvalue weighted by Crippen LogP contribution is 2.20. The van der Waals surface area contributed by atoms with Crippen LogP contribution in [0.25, 0.3) is 11.1 Å². The summed E-state index contributed by atoms with van der Waals surface area (Å²) >= 11 is 0. The summed E-state index contributed by atoms with van der Waals surface area (Å²) in [5.41, 5.74) is 3.65. The Labute approximate surface area is 95.7 Å². The second-order valence-corrected chi connectivity index (χ2v) is 3.77. The highest BCUT2D eigenvalue weighted by molar-refractivity contribution is 5.64. The SMILES string of the molecule is O=CCCc1cccc(-c2ccccc2)c1. The molecule has 0 radical (unpaired) electrons. The Morgan fingerprint density at radius 3 is 2.38 bits per heavy atom. The Balaban J connectivity index is 2.25. The minimum absolute atomic E-state index is 0.595. The van der Waals surface area contributed by atoms with Gasteiger partial charge in [0.15, 0.2) is 0 Å². The smallest absolute Gasteiger partial charge is 0.120 e. The Hall–Kier alpha value is -1.89. The van der Waals surface area contributed by atoms with E-state index in [-0.39, 0.29) is 0 Å². The maximum atomic E-state index is 10.3. The Kier molecular flexibility index (Phi) is 3.50. The van der Waals surface area contributed by atoms with Crippen LogP contribution < -0.4 is 0 Å². The van der Waals surface area contributed by atoms with Crippen molar-refractivity contribution in [3.8, 4) is 11.1 Å². The topological polar surface area (TPSA) is 17.1 Å². The maximum Gasteiger partial charge on any atom is 0.120 e. The molecule has 2 rings (SSSR count). The number of aldehydes is 1. The normalized spacial score (nSPS) is 10.0. The number of rotatable bonds is 4. The number of carbonyl (C=O) groups is 1. The summed E-state index contributed by atoms with van der Waals surface area (Å²) in [4.78, 5) is 10.3. The Morgan fingerprint density at radius 1 is 0.875 bits per heavy atom. The van der Waals surface area contributed by atoms with Crippen LogP contribution in [-0.4, -0.2) is 6.29 Å². The van der Waals surface area contributed by atoms with E-state index in [2.05, 4.69) is 30.3 Å². The van der Waals surface area contributed by atoms with Gasteiger partial charge in [-0.15, -0.1) is 0 Å². The maximum absolute atomic E-state index is 10.3. The van der Waals surface area contributed by atoms with Gasteiger partial charge in [0, 0.05) is 6.42 Å². The summed E-state index contributed by atoms with van der Waals surface area (Å²) in [5, 5.41) is 0. The van der Waals surface area contributed by atoms with Crippen molar-refractivity contribution in [3.63, 3.8) is 0 Å². The molecule has 0 aromatic heterocycles. The molecule has 0 aliphatic rings. The summed E-state index contributed by atoms with van der Waals surface area (Å²) in [6, 6.07) is 18.6. The minimum Gasteiger partial charge on any atom is -0.303 e. The summed E-state index contributed by atoms with van der Waals surface area (Å²) in [6.45, 7) is 0. The summed E-state index contributed by atoms with van der Waals surface area (Å²) in [5.74, 6) is 0. The summed E-state index contributed by atoms with van der Waals surface area (Å²) < 4.78 is 0. The zero-order chi connectivity index (χ0) is 11.2. The van der Waals surface area contributed by atoms with Crippen molar-refractivity contribution in [1.29, 1.82) is 0 Å². The van der Waals surface area contributed by atoms with Gasteiger partial charge >= 0.3 is 0 Å². The van der Waals surface area contributed by atoms with Crippen molar-refractivity contribution in [2.75, 3.05) is 0 Å². The number of carbonyl (C=O) groups excluding carboxylic acids is 1. The van der Waals surface area contributed by atoms with Gasteiger partial charge in [-0.25, -0.2) is 0 Å². The molecule has 16 heavy (non-hydrogen) atoms. The molecule has 2 aromatic carbocycles. The van der Waals surface area contributed by atoms with Gasteiger partial charge in [-0.05, 0) is 23.1 Å². The molecule has 0 heterocycles. The molecule has 1 heteroatoms. The summed E-state index contributed by atoms with van der Waals surface area (Å²) in [7, 11) is 0. The zero-order valence-corrected chi connectivity index (χ0v) is 9.10. The Morgan fingerprint density at radius 2 is 1.62 bits per heavy atom. The van der Waals surface area contributed by atoms with Crippen molar-refractivity contribution in [3.05, 3.63) is 60.2 Å². The average molecular weight is 210 g/mol. The van der Waals surface area contributed by atoms with Crippen molar-refractivity contribution >= 4 is 6.29 Å². The second-order valence-electron chi connectivity index (χ2n) is 3.77. The third-order valence-electron chi connectivity index (χ3n) is 2.58. The first-order chi connectivity index (χ1) is 7.90. The van der Waals surface area contributed by atoms with Crippen LogP contribution in [0.4, 0.5) is 0 Å². The van der Waals surface area contributed by atoms with E-state index in [4.69, 9.17) is 0 Å². The molecule has 0 N–H and O–H groups in total. The number of hydrogen-bond donors (Lipinski definition) is 0. The quantitative estimate of drug-likeness (QED) is 0.706. The van der Waals surface area contributed by atoms with Crippen LogP contribution in [0.3, 0.4) is 0 Å². The molecule has 0 fully saturated rings. The third kappa shape index (κ3) is 2.57. The largest absolute Gasteiger partial charge is 0.303 e. The first-order valence-corrected chi connectivity index (χ1v) is 5.48. The Bertz CT molecular complexity index is 460. The summed E-state index contributed by atoms with van der Waals surface area (Å²) in [6.07, 6.45) is 2.39. The fraction of sp³-hybridized carbons (Fsp3) is 0.133. The van der Waals surface area contributed by atoms with Crippen LogP contribution in [-0.2, 0) is 11.2 Å². The van der Waals surface area contributed by atoms with E-state index in [0.717, 1.165) is 12.7 Å². The fourth-order valence-corrected chi connectivity index (χ4v) is 1.76. The van der Waals surface area contributed by atoms with E-state index in [1.807, 2.05) is 24.3 Å². The van der Waals surface area contributed by atoms with Gasteiger partial charge in [-0.1, -0.05) is 54.6 Å². The van der Waals surface area contributed by atoms with Crippen molar-refractivity contribution in [2.45, 2.75) is 12.8 Å². The van der Waals surface area contributed by atoms with Crippen LogP contribution in [0.15, 0.2) is 54.6 Å². The lowest BCUT2D eigenvalue weighted by atomic mass is 10.0. The molecule has 0 atom stereocenters. The predicted molar refractivity (Wildman–Crippen MR) is 66.3 cm³/mol. The van der Waals surface area contributed by atoms with Crippen LogP contribution in [0.2, 0.25) is 0 Å². The first-order valence-electron chi connectivity index (χ1n) is 5.48. The molecule has 0 unspecified atom stereocenters. The molecule has 80 valence electrons. The second kappa shape index (κ2) is 5.26. The van der Waals surface area contributed by atoms with Crippen LogP contribution in [0.5, 0.6) is 0 Å². The number of hydrogen-bond acceptors (Lipinski definition) is 1. The van der Waals surface area contributed by atoms with E-state index < -0.39 is 0 Å². The van der Waals surface area contributed by atoms with Gasteiger partial charge in [-0.3, -0.25) is 0 Å². The van der Waals surface area contributed by atoms with Gasteiger partial charge in [0.2, 0.25) is 0 Å². The molecule has 1 nitrogen and oxygen atoms in total. The first kappa shape index (κ1) is 10.6. The average Bonchev–Trinajstić information content (AvgIpc) is 2.38. The molecule has 0 amide bonds. The zero-order valence-electron chi connectivity index (χ0n) is 9.10. The molecular formula is C15H14O. The monoisotopic (exact) mass is 210 g/mol. The lowest BCUT2D eigenvalue weighted by Crippen LogP contribution is -1.87.